The number of hydrogen-bond acceptors (Lipinski definition) is 1. The molecule has 0 saturated carbocycles. The Morgan fingerprint density at radius 1 is 1.43 bits per heavy atom. The Morgan fingerprint density at radius 3 is 2.64 bits per heavy atom. The van der Waals surface area contributed by atoms with E-state index in [1.807, 2.05) is 13.8 Å². The van der Waals surface area contributed by atoms with Crippen LogP contribution in [-0.2, 0) is 4.79 Å². The van der Waals surface area contributed by atoms with Crippen molar-refractivity contribution in [3.63, 3.8) is 0 Å². The van der Waals surface area contributed by atoms with Crippen LogP contribution in [0.5, 0.6) is 0 Å². The van der Waals surface area contributed by atoms with E-state index in [9.17, 15) is 4.79 Å². The molecule has 14 heavy (non-hydrogen) atoms. The minimum atomic E-state index is 0.161. The average Bonchev–Trinajstić information content (AvgIpc) is 2.13. The molecule has 2 atom stereocenters. The monoisotopic (exact) mass is 190 g/mol. The summed E-state index contributed by atoms with van der Waals surface area (Å²) >= 11 is 0. The number of allylic oxidation sites excluding steroid dienone is 6. The molecule has 0 spiro atoms. The van der Waals surface area contributed by atoms with E-state index in [-0.39, 0.29) is 5.78 Å². The van der Waals surface area contributed by atoms with E-state index in [1.165, 1.54) is 0 Å². The molecule has 0 aliphatic heterocycles. The SMILES string of the molecule is CC=CC(=O)C1=C(C)C=CC(C)C1C. The number of carbonyl (C=O) groups excluding carboxylic acids is 1. The standard InChI is InChI=1S/C13H18O/c1-5-6-12(14)13-10(3)8-7-9(2)11(13)4/h5-9,11H,1-4H3. The first-order chi connectivity index (χ1) is 6.57. The summed E-state index contributed by atoms with van der Waals surface area (Å²) in [6.45, 7) is 8.15. The lowest BCUT2D eigenvalue weighted by Crippen LogP contribution is -2.18. The molecule has 0 radical (unpaired) electrons. The molecule has 0 heterocycles. The summed E-state index contributed by atoms with van der Waals surface area (Å²) in [7, 11) is 0. The number of rotatable bonds is 2. The van der Waals surface area contributed by atoms with Crippen LogP contribution in [0.15, 0.2) is 35.5 Å². The summed E-state index contributed by atoms with van der Waals surface area (Å²) in [5.74, 6) is 0.959. The third-order valence-corrected chi connectivity index (χ3v) is 2.90. The molecule has 0 fully saturated rings. The molecule has 76 valence electrons. The minimum Gasteiger partial charge on any atom is -0.290 e. The second-order valence-electron chi connectivity index (χ2n) is 3.97. The predicted molar refractivity (Wildman–Crippen MR) is 60.0 cm³/mol. The quantitative estimate of drug-likeness (QED) is 0.611. The molecular formula is C13H18O. The van der Waals surface area contributed by atoms with Crippen LogP contribution in [-0.4, -0.2) is 5.78 Å². The van der Waals surface area contributed by atoms with Crippen molar-refractivity contribution in [1.29, 1.82) is 0 Å². The molecule has 0 aromatic carbocycles. The Morgan fingerprint density at radius 2 is 2.07 bits per heavy atom. The smallest absolute Gasteiger partial charge is 0.182 e. The highest BCUT2D eigenvalue weighted by atomic mass is 16.1. The molecule has 1 nitrogen and oxygen atoms in total. The average molecular weight is 190 g/mol. The van der Waals surface area contributed by atoms with Gasteiger partial charge in [0.15, 0.2) is 5.78 Å². The van der Waals surface area contributed by atoms with Crippen LogP contribution < -0.4 is 0 Å². The zero-order chi connectivity index (χ0) is 10.7. The highest BCUT2D eigenvalue weighted by molar-refractivity contribution is 6.05. The summed E-state index contributed by atoms with van der Waals surface area (Å²) in [6.07, 6.45) is 7.69. The zero-order valence-electron chi connectivity index (χ0n) is 9.37. The fourth-order valence-electron chi connectivity index (χ4n) is 1.83. The Balaban J connectivity index is 3.04. The largest absolute Gasteiger partial charge is 0.290 e. The maximum Gasteiger partial charge on any atom is 0.182 e. The van der Waals surface area contributed by atoms with Crippen molar-refractivity contribution >= 4 is 5.78 Å². The van der Waals surface area contributed by atoms with Crippen LogP contribution in [0, 0.1) is 11.8 Å². The molecular weight excluding hydrogens is 172 g/mol. The van der Waals surface area contributed by atoms with Gasteiger partial charge in [0.2, 0.25) is 0 Å². The fourth-order valence-corrected chi connectivity index (χ4v) is 1.83. The van der Waals surface area contributed by atoms with E-state index in [4.69, 9.17) is 0 Å². The van der Waals surface area contributed by atoms with Crippen LogP contribution in [0.1, 0.15) is 27.7 Å². The van der Waals surface area contributed by atoms with Gasteiger partial charge in [-0.05, 0) is 37.3 Å². The molecule has 0 aromatic heterocycles. The molecule has 0 aromatic rings. The van der Waals surface area contributed by atoms with Crippen molar-refractivity contribution in [3.8, 4) is 0 Å². The topological polar surface area (TPSA) is 17.1 Å². The Labute approximate surface area is 86.2 Å². The van der Waals surface area contributed by atoms with Crippen molar-refractivity contribution in [1.82, 2.24) is 0 Å². The molecule has 2 unspecified atom stereocenters. The van der Waals surface area contributed by atoms with Gasteiger partial charge in [0, 0.05) is 5.57 Å². The normalized spacial score (nSPS) is 27.4. The van der Waals surface area contributed by atoms with Gasteiger partial charge in [-0.15, -0.1) is 0 Å². The lowest BCUT2D eigenvalue weighted by Gasteiger charge is -2.24. The van der Waals surface area contributed by atoms with Gasteiger partial charge in [0.05, 0.1) is 0 Å². The Bertz CT molecular complexity index is 318. The van der Waals surface area contributed by atoms with Gasteiger partial charge >= 0.3 is 0 Å². The second kappa shape index (κ2) is 4.41. The van der Waals surface area contributed by atoms with Gasteiger partial charge in [0.25, 0.3) is 0 Å². The van der Waals surface area contributed by atoms with Crippen LogP contribution in [0.2, 0.25) is 0 Å². The Hall–Kier alpha value is -1.11. The lowest BCUT2D eigenvalue weighted by atomic mass is 9.80. The zero-order valence-corrected chi connectivity index (χ0v) is 9.37. The molecule has 1 aliphatic carbocycles. The van der Waals surface area contributed by atoms with Crippen molar-refractivity contribution in [2.45, 2.75) is 27.7 Å². The van der Waals surface area contributed by atoms with Crippen LogP contribution in [0.4, 0.5) is 0 Å². The van der Waals surface area contributed by atoms with Gasteiger partial charge in [-0.3, -0.25) is 4.79 Å². The summed E-state index contributed by atoms with van der Waals surface area (Å²) < 4.78 is 0. The molecule has 0 amide bonds. The summed E-state index contributed by atoms with van der Waals surface area (Å²) in [6, 6.07) is 0. The molecule has 0 bridgehead atoms. The third kappa shape index (κ3) is 2.03. The molecule has 1 heteroatoms. The summed E-state index contributed by atoms with van der Waals surface area (Å²) in [5.41, 5.74) is 2.08. The van der Waals surface area contributed by atoms with Crippen LogP contribution in [0.3, 0.4) is 0 Å². The van der Waals surface area contributed by atoms with E-state index in [0.717, 1.165) is 11.1 Å². The lowest BCUT2D eigenvalue weighted by molar-refractivity contribution is -0.112. The van der Waals surface area contributed by atoms with Crippen molar-refractivity contribution in [2.24, 2.45) is 11.8 Å². The third-order valence-electron chi connectivity index (χ3n) is 2.90. The van der Waals surface area contributed by atoms with E-state index in [0.29, 0.717) is 11.8 Å². The van der Waals surface area contributed by atoms with Gasteiger partial charge < -0.3 is 0 Å². The summed E-state index contributed by atoms with van der Waals surface area (Å²) in [5, 5.41) is 0. The molecule has 0 N–H and O–H groups in total. The first kappa shape index (κ1) is 11.0. The maximum absolute atomic E-state index is 11.8. The van der Waals surface area contributed by atoms with E-state index >= 15 is 0 Å². The Kier molecular flexibility index (Phi) is 3.45. The highest BCUT2D eigenvalue weighted by Gasteiger charge is 2.23. The summed E-state index contributed by atoms with van der Waals surface area (Å²) in [4.78, 5) is 11.8. The van der Waals surface area contributed by atoms with Crippen molar-refractivity contribution in [2.75, 3.05) is 0 Å². The number of ketones is 1. The molecule has 1 rings (SSSR count). The molecule has 0 saturated heterocycles. The van der Waals surface area contributed by atoms with Crippen molar-refractivity contribution in [3.05, 3.63) is 35.5 Å². The van der Waals surface area contributed by atoms with Crippen LogP contribution in [0.25, 0.3) is 0 Å². The van der Waals surface area contributed by atoms with E-state index in [1.54, 1.807) is 12.2 Å². The van der Waals surface area contributed by atoms with Gasteiger partial charge in [-0.2, -0.15) is 0 Å². The number of hydrogen-bond donors (Lipinski definition) is 0. The first-order valence-corrected chi connectivity index (χ1v) is 5.14. The fraction of sp³-hybridized carbons (Fsp3) is 0.462. The van der Waals surface area contributed by atoms with Gasteiger partial charge in [0.1, 0.15) is 0 Å². The first-order valence-electron chi connectivity index (χ1n) is 5.14. The van der Waals surface area contributed by atoms with Crippen LogP contribution >= 0.6 is 0 Å². The van der Waals surface area contributed by atoms with E-state index < -0.39 is 0 Å². The molecule has 1 aliphatic rings. The maximum atomic E-state index is 11.8. The predicted octanol–water partition coefficient (Wildman–Crippen LogP) is 3.29. The minimum absolute atomic E-state index is 0.161. The highest BCUT2D eigenvalue weighted by Crippen LogP contribution is 2.30. The van der Waals surface area contributed by atoms with Crippen molar-refractivity contribution < 1.29 is 4.79 Å². The van der Waals surface area contributed by atoms with Gasteiger partial charge in [-0.25, -0.2) is 0 Å². The van der Waals surface area contributed by atoms with Gasteiger partial charge in [-0.1, -0.05) is 32.1 Å². The second-order valence-corrected chi connectivity index (χ2v) is 3.97. The van der Waals surface area contributed by atoms with E-state index in [2.05, 4.69) is 26.0 Å². The number of carbonyl (C=O) groups is 1.